The third kappa shape index (κ3) is 3.71. The van der Waals surface area contributed by atoms with Crippen LogP contribution >= 0.6 is 0 Å². The quantitative estimate of drug-likeness (QED) is 0.767. The SMILES string of the molecule is O=C(Nc1ccccc1F)N1CCN(c2cc(-n3cccn3)ncn2)CC1. The molecule has 0 atom stereocenters. The number of hydrogen-bond donors (Lipinski definition) is 1. The molecule has 1 N–H and O–H groups in total. The highest BCUT2D eigenvalue weighted by molar-refractivity contribution is 5.89. The van der Waals surface area contributed by atoms with Crippen molar-refractivity contribution in [2.45, 2.75) is 0 Å². The molecule has 1 aliphatic rings. The van der Waals surface area contributed by atoms with Crippen molar-refractivity contribution in [1.29, 1.82) is 0 Å². The summed E-state index contributed by atoms with van der Waals surface area (Å²) < 4.78 is 15.4. The van der Waals surface area contributed by atoms with E-state index in [1.165, 1.54) is 12.4 Å². The Morgan fingerprint density at radius 3 is 2.56 bits per heavy atom. The van der Waals surface area contributed by atoms with Gasteiger partial charge >= 0.3 is 6.03 Å². The number of hydrogen-bond acceptors (Lipinski definition) is 5. The lowest BCUT2D eigenvalue weighted by molar-refractivity contribution is 0.208. The first kappa shape index (κ1) is 17.0. The number of halogens is 1. The maximum Gasteiger partial charge on any atom is 0.322 e. The van der Waals surface area contributed by atoms with Crippen LogP contribution in [0.25, 0.3) is 5.82 Å². The predicted molar refractivity (Wildman–Crippen MR) is 98.4 cm³/mol. The first-order chi connectivity index (χ1) is 13.2. The number of nitrogens with one attached hydrogen (secondary N) is 1. The molecule has 0 radical (unpaired) electrons. The Kier molecular flexibility index (Phi) is 4.65. The molecule has 4 rings (SSSR count). The average Bonchev–Trinajstić information content (AvgIpc) is 3.25. The number of carbonyl (C=O) groups is 1. The van der Waals surface area contributed by atoms with Crippen molar-refractivity contribution in [2.24, 2.45) is 0 Å². The van der Waals surface area contributed by atoms with Crippen molar-refractivity contribution < 1.29 is 9.18 Å². The Labute approximate surface area is 155 Å². The van der Waals surface area contributed by atoms with Crippen LogP contribution in [0, 0.1) is 5.82 Å². The molecule has 8 nitrogen and oxygen atoms in total. The number of carbonyl (C=O) groups excluding carboxylic acids is 1. The van der Waals surface area contributed by atoms with Gasteiger partial charge in [0.1, 0.15) is 18.0 Å². The second-order valence-electron chi connectivity index (χ2n) is 6.07. The van der Waals surface area contributed by atoms with Crippen molar-refractivity contribution in [1.82, 2.24) is 24.6 Å². The third-order valence-electron chi connectivity index (χ3n) is 4.38. The third-order valence-corrected chi connectivity index (χ3v) is 4.38. The molecule has 0 saturated carbocycles. The summed E-state index contributed by atoms with van der Waals surface area (Å²) in [6.45, 7) is 2.28. The summed E-state index contributed by atoms with van der Waals surface area (Å²) in [5.74, 6) is 1.02. The van der Waals surface area contributed by atoms with Gasteiger partial charge in [-0.25, -0.2) is 23.8 Å². The van der Waals surface area contributed by atoms with E-state index >= 15 is 0 Å². The molecule has 0 unspecified atom stereocenters. The van der Waals surface area contributed by atoms with E-state index in [9.17, 15) is 9.18 Å². The predicted octanol–water partition coefficient (Wildman–Crippen LogP) is 2.16. The summed E-state index contributed by atoms with van der Waals surface area (Å²) in [4.78, 5) is 24.7. The lowest BCUT2D eigenvalue weighted by Crippen LogP contribution is -2.50. The largest absolute Gasteiger partial charge is 0.353 e. The normalized spacial score (nSPS) is 14.3. The molecule has 0 spiro atoms. The van der Waals surface area contributed by atoms with E-state index in [2.05, 4.69) is 25.3 Å². The minimum Gasteiger partial charge on any atom is -0.353 e. The Morgan fingerprint density at radius 2 is 1.81 bits per heavy atom. The lowest BCUT2D eigenvalue weighted by Gasteiger charge is -2.35. The molecule has 1 aromatic carbocycles. The molecular formula is C18H18FN7O. The van der Waals surface area contributed by atoms with Gasteiger partial charge < -0.3 is 15.1 Å². The van der Waals surface area contributed by atoms with Crippen LogP contribution in [0.3, 0.4) is 0 Å². The van der Waals surface area contributed by atoms with E-state index in [4.69, 9.17) is 0 Å². The van der Waals surface area contributed by atoms with E-state index in [0.717, 1.165) is 5.82 Å². The highest BCUT2D eigenvalue weighted by atomic mass is 19.1. The highest BCUT2D eigenvalue weighted by Gasteiger charge is 2.23. The molecule has 1 saturated heterocycles. The van der Waals surface area contributed by atoms with Crippen LogP contribution in [0.1, 0.15) is 0 Å². The molecule has 1 fully saturated rings. The van der Waals surface area contributed by atoms with Gasteiger partial charge in [0.05, 0.1) is 5.69 Å². The van der Waals surface area contributed by atoms with Gasteiger partial charge in [-0.15, -0.1) is 0 Å². The topological polar surface area (TPSA) is 79.2 Å². The van der Waals surface area contributed by atoms with E-state index in [1.54, 1.807) is 34.0 Å². The Morgan fingerprint density at radius 1 is 1.04 bits per heavy atom. The lowest BCUT2D eigenvalue weighted by atomic mass is 10.3. The maximum absolute atomic E-state index is 13.7. The second-order valence-corrected chi connectivity index (χ2v) is 6.07. The van der Waals surface area contributed by atoms with Gasteiger partial charge in [0.2, 0.25) is 0 Å². The summed E-state index contributed by atoms with van der Waals surface area (Å²) in [5.41, 5.74) is 0.185. The molecule has 1 aliphatic heterocycles. The number of para-hydroxylation sites is 1. The van der Waals surface area contributed by atoms with Gasteiger partial charge in [-0.2, -0.15) is 5.10 Å². The first-order valence-electron chi connectivity index (χ1n) is 8.58. The molecule has 0 aliphatic carbocycles. The molecule has 9 heteroatoms. The van der Waals surface area contributed by atoms with E-state index in [0.29, 0.717) is 32.0 Å². The summed E-state index contributed by atoms with van der Waals surface area (Å²) in [6.07, 6.45) is 5.01. The van der Waals surface area contributed by atoms with E-state index < -0.39 is 5.82 Å². The zero-order valence-corrected chi connectivity index (χ0v) is 14.5. The summed E-state index contributed by atoms with van der Waals surface area (Å²) >= 11 is 0. The van der Waals surface area contributed by atoms with Crippen LogP contribution in [0.5, 0.6) is 0 Å². The number of aromatic nitrogens is 4. The number of piperazine rings is 1. The van der Waals surface area contributed by atoms with Crippen LogP contribution in [0.15, 0.2) is 55.1 Å². The van der Waals surface area contributed by atoms with Gasteiger partial charge in [-0.05, 0) is 18.2 Å². The van der Waals surface area contributed by atoms with Crippen molar-refractivity contribution in [3.63, 3.8) is 0 Å². The number of benzene rings is 1. The Bertz CT molecular complexity index is 923. The van der Waals surface area contributed by atoms with Gasteiger partial charge in [-0.3, -0.25) is 0 Å². The summed E-state index contributed by atoms with van der Waals surface area (Å²) in [5, 5.41) is 6.79. The van der Waals surface area contributed by atoms with Crippen molar-refractivity contribution in [3.8, 4) is 5.82 Å². The molecule has 2 amide bonds. The van der Waals surface area contributed by atoms with Crippen LogP contribution in [-0.2, 0) is 0 Å². The molecule has 3 heterocycles. The zero-order chi connectivity index (χ0) is 18.6. The van der Waals surface area contributed by atoms with Gasteiger partial charge in [0.15, 0.2) is 5.82 Å². The van der Waals surface area contributed by atoms with Gasteiger partial charge in [0.25, 0.3) is 0 Å². The minimum absolute atomic E-state index is 0.185. The number of anilines is 2. The fourth-order valence-corrected chi connectivity index (χ4v) is 2.94. The van der Waals surface area contributed by atoms with E-state index in [-0.39, 0.29) is 11.7 Å². The molecular weight excluding hydrogens is 349 g/mol. The molecule has 27 heavy (non-hydrogen) atoms. The standard InChI is InChI=1S/C18H18FN7O/c19-14-4-1-2-5-15(14)23-18(27)25-10-8-24(9-11-25)16-12-17(21-13-20-16)26-7-3-6-22-26/h1-7,12-13H,8-11H2,(H,23,27). The molecule has 2 aromatic heterocycles. The van der Waals surface area contributed by atoms with E-state index in [1.807, 2.05) is 18.3 Å². The van der Waals surface area contributed by atoms with Crippen LogP contribution < -0.4 is 10.2 Å². The van der Waals surface area contributed by atoms with Crippen molar-refractivity contribution in [3.05, 3.63) is 60.9 Å². The maximum atomic E-state index is 13.7. The number of rotatable bonds is 3. The highest BCUT2D eigenvalue weighted by Crippen LogP contribution is 2.17. The molecule has 0 bridgehead atoms. The smallest absolute Gasteiger partial charge is 0.322 e. The summed E-state index contributed by atoms with van der Waals surface area (Å²) in [6, 6.07) is 9.52. The second kappa shape index (κ2) is 7.40. The van der Waals surface area contributed by atoms with Crippen LogP contribution in [-0.4, -0.2) is 56.9 Å². The van der Waals surface area contributed by atoms with Gasteiger partial charge in [0, 0.05) is 44.6 Å². The monoisotopic (exact) mass is 367 g/mol. The Balaban J connectivity index is 1.38. The zero-order valence-electron chi connectivity index (χ0n) is 14.5. The fraction of sp³-hybridized carbons (Fsp3) is 0.222. The number of urea groups is 1. The van der Waals surface area contributed by atoms with Crippen molar-refractivity contribution >= 4 is 17.5 Å². The fourth-order valence-electron chi connectivity index (χ4n) is 2.94. The minimum atomic E-state index is -0.448. The molecule has 138 valence electrons. The average molecular weight is 367 g/mol. The van der Waals surface area contributed by atoms with Crippen LogP contribution in [0.2, 0.25) is 0 Å². The number of nitrogens with zero attached hydrogens (tertiary/aromatic N) is 6. The van der Waals surface area contributed by atoms with Crippen molar-refractivity contribution in [2.75, 3.05) is 36.4 Å². The van der Waals surface area contributed by atoms with Gasteiger partial charge in [-0.1, -0.05) is 12.1 Å². The summed E-state index contributed by atoms with van der Waals surface area (Å²) in [7, 11) is 0. The Hall–Kier alpha value is -3.49. The first-order valence-corrected chi connectivity index (χ1v) is 8.58. The molecule has 3 aromatic rings. The van der Waals surface area contributed by atoms with Crippen LogP contribution in [0.4, 0.5) is 20.7 Å². The number of amides is 2.